The lowest BCUT2D eigenvalue weighted by Gasteiger charge is -2.20. The van der Waals surface area contributed by atoms with Crippen molar-refractivity contribution in [2.24, 2.45) is 0 Å². The summed E-state index contributed by atoms with van der Waals surface area (Å²) in [5, 5.41) is 3.07. The van der Waals surface area contributed by atoms with E-state index in [0.717, 1.165) is 22.0 Å². The molecular formula is C12H19NO3S. The van der Waals surface area contributed by atoms with Gasteiger partial charge in [0.15, 0.2) is 0 Å². The van der Waals surface area contributed by atoms with Gasteiger partial charge in [-0.2, -0.15) is 0 Å². The number of rotatable bonds is 6. The van der Waals surface area contributed by atoms with Crippen LogP contribution >= 0.6 is 11.8 Å². The molecule has 4 nitrogen and oxygen atoms in total. The Morgan fingerprint density at radius 2 is 1.76 bits per heavy atom. The quantitative estimate of drug-likeness (QED) is 0.625. The third kappa shape index (κ3) is 3.06. The zero-order chi connectivity index (χ0) is 12.8. The van der Waals surface area contributed by atoms with Gasteiger partial charge in [0, 0.05) is 12.7 Å². The van der Waals surface area contributed by atoms with Crippen molar-refractivity contribution in [3.8, 4) is 11.5 Å². The Morgan fingerprint density at radius 1 is 1.12 bits per heavy atom. The van der Waals surface area contributed by atoms with Crippen LogP contribution in [-0.2, 0) is 4.74 Å². The monoisotopic (exact) mass is 257 g/mol. The number of hydrogen-bond donors (Lipinski definition) is 1. The summed E-state index contributed by atoms with van der Waals surface area (Å²) in [6.45, 7) is 0. The first-order chi connectivity index (χ1) is 8.21. The van der Waals surface area contributed by atoms with Gasteiger partial charge < -0.3 is 14.2 Å². The van der Waals surface area contributed by atoms with E-state index >= 15 is 0 Å². The highest BCUT2D eigenvalue weighted by atomic mass is 32.2. The maximum Gasteiger partial charge on any atom is 0.137 e. The van der Waals surface area contributed by atoms with Crippen LogP contribution in [0.2, 0.25) is 0 Å². The molecule has 0 radical (unpaired) electrons. The molecule has 0 bridgehead atoms. The first-order valence-corrected chi connectivity index (χ1v) is 6.44. The van der Waals surface area contributed by atoms with Crippen molar-refractivity contribution in [1.82, 2.24) is 5.32 Å². The van der Waals surface area contributed by atoms with Crippen molar-refractivity contribution in [1.29, 1.82) is 0 Å². The molecule has 0 saturated carbocycles. The van der Waals surface area contributed by atoms with Crippen LogP contribution in [0.3, 0.4) is 0 Å². The summed E-state index contributed by atoms with van der Waals surface area (Å²) in [5.74, 6) is 1.61. The normalized spacial score (nSPS) is 12.3. The van der Waals surface area contributed by atoms with E-state index in [9.17, 15) is 0 Å². The van der Waals surface area contributed by atoms with Gasteiger partial charge in [0.1, 0.15) is 17.7 Å². The summed E-state index contributed by atoms with van der Waals surface area (Å²) in [6.07, 6.45) is 1.79. The van der Waals surface area contributed by atoms with Gasteiger partial charge >= 0.3 is 0 Å². The maximum atomic E-state index is 5.38. The van der Waals surface area contributed by atoms with Crippen LogP contribution in [0.5, 0.6) is 11.5 Å². The summed E-state index contributed by atoms with van der Waals surface area (Å²) in [5.41, 5.74) is 0.923. The molecule has 17 heavy (non-hydrogen) atoms. The molecule has 1 N–H and O–H groups in total. The fraction of sp³-hybridized carbons (Fsp3) is 0.500. The van der Waals surface area contributed by atoms with Gasteiger partial charge in [-0.25, -0.2) is 0 Å². The fourth-order valence-corrected chi connectivity index (χ4v) is 2.23. The Hall–Kier alpha value is -0.910. The topological polar surface area (TPSA) is 39.7 Å². The van der Waals surface area contributed by atoms with Crippen molar-refractivity contribution in [3.63, 3.8) is 0 Å². The van der Waals surface area contributed by atoms with Crippen LogP contribution in [0.1, 0.15) is 11.8 Å². The molecule has 0 aliphatic rings. The molecule has 1 aromatic carbocycles. The second kappa shape index (κ2) is 6.74. The number of thioether (sulfide) groups is 1. The summed E-state index contributed by atoms with van der Waals surface area (Å²) < 4.78 is 16.1. The molecule has 1 aromatic rings. The number of nitrogens with one attached hydrogen (secondary N) is 1. The van der Waals surface area contributed by atoms with E-state index in [1.165, 1.54) is 0 Å². The van der Waals surface area contributed by atoms with E-state index in [4.69, 9.17) is 14.2 Å². The molecule has 0 saturated heterocycles. The Bertz CT molecular complexity index is 367. The minimum atomic E-state index is -0.213. The second-order valence-electron chi connectivity index (χ2n) is 3.35. The lowest BCUT2D eigenvalue weighted by atomic mass is 10.1. The highest BCUT2D eigenvalue weighted by Gasteiger charge is 2.17. The molecule has 0 aliphatic heterocycles. The molecule has 0 fully saturated rings. The van der Waals surface area contributed by atoms with E-state index in [0.29, 0.717) is 0 Å². The molecule has 96 valence electrons. The molecule has 0 heterocycles. The van der Waals surface area contributed by atoms with E-state index in [-0.39, 0.29) is 6.23 Å². The van der Waals surface area contributed by atoms with Crippen molar-refractivity contribution >= 4 is 11.8 Å². The second-order valence-corrected chi connectivity index (χ2v) is 4.20. The third-order valence-electron chi connectivity index (χ3n) is 2.52. The molecule has 0 spiro atoms. The number of methoxy groups -OCH3 is 3. The van der Waals surface area contributed by atoms with Gasteiger partial charge in [0.25, 0.3) is 0 Å². The Morgan fingerprint density at radius 3 is 2.18 bits per heavy atom. The van der Waals surface area contributed by atoms with Gasteiger partial charge in [0.05, 0.1) is 19.1 Å². The van der Waals surface area contributed by atoms with E-state index in [2.05, 4.69) is 5.32 Å². The zero-order valence-electron chi connectivity index (χ0n) is 10.9. The molecule has 1 rings (SSSR count). The molecule has 5 heteroatoms. The largest absolute Gasteiger partial charge is 0.496 e. The first-order valence-electron chi connectivity index (χ1n) is 5.21. The lowest BCUT2D eigenvalue weighted by Crippen LogP contribution is -2.19. The summed E-state index contributed by atoms with van der Waals surface area (Å²) >= 11 is 1.62. The van der Waals surface area contributed by atoms with Crippen molar-refractivity contribution < 1.29 is 14.2 Å². The number of ether oxygens (including phenoxy) is 3. The highest BCUT2D eigenvalue weighted by Crippen LogP contribution is 2.37. The minimum Gasteiger partial charge on any atom is -0.496 e. The van der Waals surface area contributed by atoms with Gasteiger partial charge in [-0.05, 0) is 25.4 Å². The zero-order valence-corrected chi connectivity index (χ0v) is 11.7. The smallest absolute Gasteiger partial charge is 0.137 e. The van der Waals surface area contributed by atoms with Crippen molar-refractivity contribution in [3.05, 3.63) is 17.7 Å². The summed E-state index contributed by atoms with van der Waals surface area (Å²) in [6, 6.07) is 3.90. The van der Waals surface area contributed by atoms with Crippen LogP contribution in [0.4, 0.5) is 0 Å². The van der Waals surface area contributed by atoms with Crippen LogP contribution in [-0.4, -0.2) is 34.6 Å². The van der Waals surface area contributed by atoms with Gasteiger partial charge in [-0.1, -0.05) is 0 Å². The fourth-order valence-electron chi connectivity index (χ4n) is 1.66. The van der Waals surface area contributed by atoms with E-state index in [1.54, 1.807) is 33.1 Å². The van der Waals surface area contributed by atoms with E-state index < -0.39 is 0 Å². The molecule has 1 unspecified atom stereocenters. The average molecular weight is 257 g/mol. The molecule has 1 atom stereocenters. The highest BCUT2D eigenvalue weighted by molar-refractivity contribution is 7.98. The minimum absolute atomic E-state index is 0.213. The molecule has 0 amide bonds. The first kappa shape index (κ1) is 14.2. The lowest BCUT2D eigenvalue weighted by molar-refractivity contribution is 0.0783. The predicted molar refractivity (Wildman–Crippen MR) is 70.1 cm³/mol. The Balaban J connectivity index is 3.27. The molecule has 0 aromatic heterocycles. The molecule has 0 aliphatic carbocycles. The number of hydrogen-bond acceptors (Lipinski definition) is 5. The SMILES string of the molecule is CNC(OC)c1cc(OC)c(SC)cc1OC. The number of benzene rings is 1. The van der Waals surface area contributed by atoms with Crippen LogP contribution in [0.25, 0.3) is 0 Å². The standard InChI is InChI=1S/C12H19NO3S/c1-13-12(16-4)8-6-10(15-3)11(17-5)7-9(8)14-2/h6-7,12-13H,1-5H3. The van der Waals surface area contributed by atoms with Crippen LogP contribution < -0.4 is 14.8 Å². The average Bonchev–Trinajstić information content (AvgIpc) is 2.39. The van der Waals surface area contributed by atoms with Gasteiger partial charge in [0.2, 0.25) is 0 Å². The van der Waals surface area contributed by atoms with Gasteiger partial charge in [-0.15, -0.1) is 11.8 Å². The Kier molecular flexibility index (Phi) is 5.61. The van der Waals surface area contributed by atoms with E-state index in [1.807, 2.05) is 25.4 Å². The van der Waals surface area contributed by atoms with Crippen molar-refractivity contribution in [2.45, 2.75) is 11.1 Å². The summed E-state index contributed by atoms with van der Waals surface area (Å²) in [7, 11) is 6.79. The van der Waals surface area contributed by atoms with Crippen LogP contribution in [0.15, 0.2) is 17.0 Å². The van der Waals surface area contributed by atoms with Crippen LogP contribution in [0, 0.1) is 0 Å². The van der Waals surface area contributed by atoms with Crippen molar-refractivity contribution in [2.75, 3.05) is 34.6 Å². The summed E-state index contributed by atoms with van der Waals surface area (Å²) in [4.78, 5) is 1.04. The predicted octanol–water partition coefficient (Wildman–Crippen LogP) is 2.29. The van der Waals surface area contributed by atoms with Gasteiger partial charge in [-0.3, -0.25) is 5.32 Å². The third-order valence-corrected chi connectivity index (χ3v) is 3.28. The molecular weight excluding hydrogens is 238 g/mol. The Labute approximate surface area is 107 Å². The maximum absolute atomic E-state index is 5.38.